The van der Waals surface area contributed by atoms with E-state index in [0.717, 1.165) is 0 Å². The first kappa shape index (κ1) is 10.2. The van der Waals surface area contributed by atoms with Crippen LogP contribution in [0.25, 0.3) is 0 Å². The lowest BCUT2D eigenvalue weighted by Gasteiger charge is -2.13. The lowest BCUT2D eigenvalue weighted by Crippen LogP contribution is -2.36. The molecular formula is C10H12N2O2. The number of carbonyl (C=O) groups is 2. The van der Waals surface area contributed by atoms with Gasteiger partial charge in [0.05, 0.1) is 0 Å². The molecule has 74 valence electrons. The first-order valence-corrected chi connectivity index (χ1v) is 4.22. The maximum atomic E-state index is 11.0. The Balaban J connectivity index is 2.89. The summed E-state index contributed by atoms with van der Waals surface area (Å²) in [6.07, 6.45) is 0. The van der Waals surface area contributed by atoms with Gasteiger partial charge in [0, 0.05) is 6.92 Å². The molecule has 4 heteroatoms. The normalized spacial score (nSPS) is 11.8. The fourth-order valence-electron chi connectivity index (χ4n) is 1.17. The molecule has 0 unspecified atom stereocenters. The van der Waals surface area contributed by atoms with Crippen LogP contribution in [0.15, 0.2) is 30.3 Å². The van der Waals surface area contributed by atoms with Gasteiger partial charge in [-0.3, -0.25) is 9.59 Å². The number of primary amides is 1. The molecule has 2 amide bonds. The fourth-order valence-corrected chi connectivity index (χ4v) is 1.17. The predicted molar refractivity (Wildman–Crippen MR) is 52.2 cm³/mol. The van der Waals surface area contributed by atoms with Gasteiger partial charge in [-0.25, -0.2) is 0 Å². The van der Waals surface area contributed by atoms with Gasteiger partial charge in [-0.15, -0.1) is 0 Å². The molecule has 0 radical (unpaired) electrons. The fraction of sp³-hybridized carbons (Fsp3) is 0.200. The van der Waals surface area contributed by atoms with E-state index in [1.54, 1.807) is 24.3 Å². The van der Waals surface area contributed by atoms with Crippen molar-refractivity contribution < 1.29 is 9.59 Å². The van der Waals surface area contributed by atoms with Gasteiger partial charge in [0.1, 0.15) is 6.04 Å². The van der Waals surface area contributed by atoms with Crippen molar-refractivity contribution in [3.05, 3.63) is 35.9 Å². The number of benzene rings is 1. The predicted octanol–water partition coefficient (Wildman–Crippen LogP) is 0.349. The van der Waals surface area contributed by atoms with Gasteiger partial charge in [0.25, 0.3) is 0 Å². The Morgan fingerprint density at radius 2 is 1.86 bits per heavy atom. The molecule has 0 aliphatic heterocycles. The number of nitrogens with one attached hydrogen (secondary N) is 1. The summed E-state index contributed by atoms with van der Waals surface area (Å²) in [4.78, 5) is 21.9. The minimum absolute atomic E-state index is 0.280. The topological polar surface area (TPSA) is 72.2 Å². The molecule has 1 aromatic carbocycles. The summed E-state index contributed by atoms with van der Waals surface area (Å²) in [5.74, 6) is -0.843. The average Bonchev–Trinajstić information content (AvgIpc) is 2.15. The first-order valence-electron chi connectivity index (χ1n) is 4.22. The largest absolute Gasteiger partial charge is 0.368 e. The number of hydrogen-bond donors (Lipinski definition) is 2. The summed E-state index contributed by atoms with van der Waals surface area (Å²) in [7, 11) is 0. The van der Waals surface area contributed by atoms with Crippen LogP contribution in [0.5, 0.6) is 0 Å². The van der Waals surface area contributed by atoms with Gasteiger partial charge >= 0.3 is 0 Å². The van der Waals surface area contributed by atoms with Crippen molar-refractivity contribution in [1.29, 1.82) is 0 Å². The second-order valence-corrected chi connectivity index (χ2v) is 2.95. The van der Waals surface area contributed by atoms with E-state index in [1.807, 2.05) is 6.07 Å². The number of carbonyl (C=O) groups excluding carboxylic acids is 2. The van der Waals surface area contributed by atoms with Crippen molar-refractivity contribution in [2.75, 3.05) is 0 Å². The van der Waals surface area contributed by atoms with Crippen LogP contribution in [0, 0.1) is 0 Å². The molecule has 3 N–H and O–H groups in total. The van der Waals surface area contributed by atoms with Crippen LogP contribution < -0.4 is 11.1 Å². The molecule has 0 saturated heterocycles. The van der Waals surface area contributed by atoms with Crippen molar-refractivity contribution in [2.24, 2.45) is 5.73 Å². The number of nitrogens with two attached hydrogens (primary N) is 1. The molecule has 0 aliphatic rings. The Kier molecular flexibility index (Phi) is 3.23. The van der Waals surface area contributed by atoms with Gasteiger partial charge in [0.2, 0.25) is 11.8 Å². The molecule has 0 fully saturated rings. The highest BCUT2D eigenvalue weighted by Gasteiger charge is 2.17. The molecule has 0 spiro atoms. The molecule has 0 aromatic heterocycles. The zero-order valence-electron chi connectivity index (χ0n) is 7.86. The molecule has 1 aromatic rings. The number of amides is 2. The first-order chi connectivity index (χ1) is 6.61. The summed E-state index contributed by atoms with van der Waals surface area (Å²) in [6, 6.07) is 8.14. The van der Waals surface area contributed by atoms with E-state index in [1.165, 1.54) is 6.92 Å². The summed E-state index contributed by atoms with van der Waals surface area (Å²) in [5, 5.41) is 2.48. The van der Waals surface area contributed by atoms with E-state index in [-0.39, 0.29) is 5.91 Å². The van der Waals surface area contributed by atoms with Crippen molar-refractivity contribution >= 4 is 11.8 Å². The highest BCUT2D eigenvalue weighted by atomic mass is 16.2. The molecule has 4 nitrogen and oxygen atoms in total. The van der Waals surface area contributed by atoms with Crippen LogP contribution in [0.2, 0.25) is 0 Å². The second kappa shape index (κ2) is 4.41. The third kappa shape index (κ3) is 2.58. The minimum Gasteiger partial charge on any atom is -0.368 e. The van der Waals surface area contributed by atoms with Gasteiger partial charge in [-0.1, -0.05) is 30.3 Å². The molecule has 1 atom stereocenters. The molecule has 0 bridgehead atoms. The lowest BCUT2D eigenvalue weighted by molar-refractivity contribution is -0.126. The van der Waals surface area contributed by atoms with Crippen LogP contribution in [-0.4, -0.2) is 11.8 Å². The SMILES string of the molecule is CC(=O)N[C@H](C(N)=O)c1ccccc1. The smallest absolute Gasteiger partial charge is 0.244 e. The Hall–Kier alpha value is -1.84. The molecule has 14 heavy (non-hydrogen) atoms. The molecular weight excluding hydrogens is 180 g/mol. The number of rotatable bonds is 3. The zero-order valence-corrected chi connectivity index (χ0v) is 7.86. The summed E-state index contributed by atoms with van der Waals surface area (Å²) in [6.45, 7) is 1.35. The Morgan fingerprint density at radius 3 is 2.29 bits per heavy atom. The average molecular weight is 192 g/mol. The maximum absolute atomic E-state index is 11.0. The third-order valence-electron chi connectivity index (χ3n) is 1.77. The van der Waals surface area contributed by atoms with Crippen LogP contribution >= 0.6 is 0 Å². The van der Waals surface area contributed by atoms with Crippen LogP contribution in [-0.2, 0) is 9.59 Å². The van der Waals surface area contributed by atoms with Gasteiger partial charge < -0.3 is 11.1 Å². The Bertz CT molecular complexity index is 335. The van der Waals surface area contributed by atoms with Crippen molar-refractivity contribution in [1.82, 2.24) is 5.32 Å². The zero-order chi connectivity index (χ0) is 10.6. The van der Waals surface area contributed by atoms with Crippen LogP contribution in [0.1, 0.15) is 18.5 Å². The van der Waals surface area contributed by atoms with Crippen molar-refractivity contribution in [3.63, 3.8) is 0 Å². The standard InChI is InChI=1S/C10H12N2O2/c1-7(13)12-9(10(11)14)8-5-3-2-4-6-8/h2-6,9H,1H3,(H2,11,14)(H,12,13)/t9-/m0/s1. The quantitative estimate of drug-likeness (QED) is 0.725. The second-order valence-electron chi connectivity index (χ2n) is 2.95. The Morgan fingerprint density at radius 1 is 1.29 bits per heavy atom. The molecule has 0 saturated carbocycles. The van der Waals surface area contributed by atoms with E-state index < -0.39 is 11.9 Å². The highest BCUT2D eigenvalue weighted by Crippen LogP contribution is 2.11. The summed E-state index contributed by atoms with van der Waals surface area (Å²) in [5.41, 5.74) is 5.85. The van der Waals surface area contributed by atoms with E-state index in [4.69, 9.17) is 5.73 Å². The molecule has 1 rings (SSSR count). The highest BCUT2D eigenvalue weighted by molar-refractivity contribution is 5.86. The number of hydrogen-bond acceptors (Lipinski definition) is 2. The van der Waals surface area contributed by atoms with E-state index in [0.29, 0.717) is 5.56 Å². The maximum Gasteiger partial charge on any atom is 0.244 e. The Labute approximate surface area is 82.1 Å². The van der Waals surface area contributed by atoms with Crippen LogP contribution in [0.3, 0.4) is 0 Å². The van der Waals surface area contributed by atoms with Gasteiger partial charge in [0.15, 0.2) is 0 Å². The minimum atomic E-state index is -0.742. The van der Waals surface area contributed by atoms with Crippen LogP contribution in [0.4, 0.5) is 0 Å². The van der Waals surface area contributed by atoms with Gasteiger partial charge in [-0.05, 0) is 5.56 Å². The summed E-state index contributed by atoms with van der Waals surface area (Å²) < 4.78 is 0. The summed E-state index contributed by atoms with van der Waals surface area (Å²) >= 11 is 0. The molecule has 0 aliphatic carbocycles. The van der Waals surface area contributed by atoms with E-state index in [9.17, 15) is 9.59 Å². The van der Waals surface area contributed by atoms with Crippen molar-refractivity contribution in [3.8, 4) is 0 Å². The van der Waals surface area contributed by atoms with E-state index in [2.05, 4.69) is 5.32 Å². The monoisotopic (exact) mass is 192 g/mol. The molecule has 0 heterocycles. The third-order valence-corrected chi connectivity index (χ3v) is 1.77. The van der Waals surface area contributed by atoms with E-state index >= 15 is 0 Å². The van der Waals surface area contributed by atoms with Gasteiger partial charge in [-0.2, -0.15) is 0 Å². The van der Waals surface area contributed by atoms with Crippen molar-refractivity contribution in [2.45, 2.75) is 13.0 Å². The lowest BCUT2D eigenvalue weighted by atomic mass is 10.1.